The zero-order valence-corrected chi connectivity index (χ0v) is 19.8. The standard InChI is InChI=1S/C25H28ClN5O3/c1-2-31(24(33)34)25(16-28-15-21(25)18-4-6-20(26)7-5-18)23(32)19-9-11-30(12-10-19)22-8-3-17(13-27)14-29-22/h3-8,14,19,21,28H,2,9-12,15-16H2,1H3,(H,33,34)/t21-,25+/m0/s1. The van der Waals surface area contributed by atoms with Crippen LogP contribution in [-0.2, 0) is 4.79 Å². The van der Waals surface area contributed by atoms with E-state index >= 15 is 0 Å². The first-order valence-corrected chi connectivity index (χ1v) is 11.9. The van der Waals surface area contributed by atoms with Crippen molar-refractivity contribution in [1.29, 1.82) is 5.26 Å². The molecule has 0 saturated carbocycles. The Morgan fingerprint density at radius 1 is 1.26 bits per heavy atom. The number of nitrogens with one attached hydrogen (secondary N) is 1. The number of halogens is 1. The molecule has 1 amide bonds. The summed E-state index contributed by atoms with van der Waals surface area (Å²) in [6.45, 7) is 4.09. The number of hydrogen-bond donors (Lipinski definition) is 2. The van der Waals surface area contributed by atoms with E-state index in [9.17, 15) is 14.7 Å². The summed E-state index contributed by atoms with van der Waals surface area (Å²) >= 11 is 6.08. The van der Waals surface area contributed by atoms with Crippen LogP contribution in [0, 0.1) is 17.2 Å². The van der Waals surface area contributed by atoms with Crippen molar-refractivity contribution in [1.82, 2.24) is 15.2 Å². The summed E-state index contributed by atoms with van der Waals surface area (Å²) in [5.74, 6) is 0.209. The second-order valence-electron chi connectivity index (χ2n) is 8.83. The van der Waals surface area contributed by atoms with E-state index in [0.29, 0.717) is 43.1 Å². The third-order valence-electron chi connectivity index (χ3n) is 7.11. The number of likely N-dealkylation sites (N-methyl/N-ethyl adjacent to an activating group) is 1. The molecule has 2 aliphatic rings. The number of piperidine rings is 1. The minimum absolute atomic E-state index is 0.0193. The number of Topliss-reactive ketones (excluding diaryl/α,β-unsaturated/α-hetero) is 1. The van der Waals surface area contributed by atoms with Gasteiger partial charge in [0.1, 0.15) is 17.4 Å². The predicted molar refractivity (Wildman–Crippen MR) is 129 cm³/mol. The third kappa shape index (κ3) is 4.33. The molecular weight excluding hydrogens is 454 g/mol. The van der Waals surface area contributed by atoms with Gasteiger partial charge in [-0.25, -0.2) is 9.78 Å². The van der Waals surface area contributed by atoms with E-state index in [1.165, 1.54) is 4.90 Å². The SMILES string of the molecule is CCN(C(=O)O)[C@]1(C(=O)C2CCN(c3ccc(C#N)cn3)CC2)CNC[C@H]1c1ccc(Cl)cc1. The highest BCUT2D eigenvalue weighted by Crippen LogP contribution is 2.41. The lowest BCUT2D eigenvalue weighted by Crippen LogP contribution is -2.63. The van der Waals surface area contributed by atoms with Crippen molar-refractivity contribution in [2.45, 2.75) is 31.2 Å². The number of benzene rings is 1. The number of ketones is 1. The number of hydrogen-bond acceptors (Lipinski definition) is 6. The zero-order chi connectivity index (χ0) is 24.3. The first kappa shape index (κ1) is 24.0. The van der Waals surface area contributed by atoms with E-state index in [1.54, 1.807) is 31.3 Å². The van der Waals surface area contributed by atoms with E-state index in [4.69, 9.17) is 16.9 Å². The maximum Gasteiger partial charge on any atom is 0.408 e. The van der Waals surface area contributed by atoms with E-state index in [1.807, 2.05) is 18.2 Å². The van der Waals surface area contributed by atoms with Crippen molar-refractivity contribution in [3.8, 4) is 6.07 Å². The summed E-state index contributed by atoms with van der Waals surface area (Å²) < 4.78 is 0. The summed E-state index contributed by atoms with van der Waals surface area (Å²) in [5, 5.41) is 23.0. The molecule has 178 valence electrons. The van der Waals surface area contributed by atoms with Crippen LogP contribution in [0.1, 0.15) is 36.8 Å². The number of pyridine rings is 1. The molecule has 8 nitrogen and oxygen atoms in total. The molecule has 2 fully saturated rings. The number of amides is 1. The smallest absolute Gasteiger partial charge is 0.408 e. The molecule has 2 aliphatic heterocycles. The molecule has 2 N–H and O–H groups in total. The molecule has 2 saturated heterocycles. The van der Waals surface area contributed by atoms with Crippen LogP contribution in [0.5, 0.6) is 0 Å². The third-order valence-corrected chi connectivity index (χ3v) is 7.37. The van der Waals surface area contributed by atoms with E-state index in [-0.39, 0.29) is 30.7 Å². The van der Waals surface area contributed by atoms with Gasteiger partial charge in [-0.3, -0.25) is 9.69 Å². The molecule has 1 aromatic heterocycles. The molecule has 9 heteroatoms. The molecule has 0 spiro atoms. The average Bonchev–Trinajstić information content (AvgIpc) is 3.30. The lowest BCUT2D eigenvalue weighted by Gasteiger charge is -2.45. The summed E-state index contributed by atoms with van der Waals surface area (Å²) in [4.78, 5) is 34.3. The molecule has 34 heavy (non-hydrogen) atoms. The molecular formula is C25H28ClN5O3. The summed E-state index contributed by atoms with van der Waals surface area (Å²) in [6.07, 6.45) is 1.70. The van der Waals surface area contributed by atoms with E-state index < -0.39 is 11.6 Å². The molecule has 2 aromatic rings. The van der Waals surface area contributed by atoms with Crippen molar-refractivity contribution in [2.75, 3.05) is 37.6 Å². The Balaban J connectivity index is 1.60. The highest BCUT2D eigenvalue weighted by molar-refractivity contribution is 6.30. The van der Waals surface area contributed by atoms with Crippen LogP contribution in [-0.4, -0.2) is 65.1 Å². The second-order valence-corrected chi connectivity index (χ2v) is 9.27. The topological polar surface area (TPSA) is 110 Å². The van der Waals surface area contributed by atoms with Crippen LogP contribution in [0.2, 0.25) is 5.02 Å². The van der Waals surface area contributed by atoms with Gasteiger partial charge < -0.3 is 15.3 Å². The molecule has 0 radical (unpaired) electrons. The van der Waals surface area contributed by atoms with Gasteiger partial charge in [0.2, 0.25) is 0 Å². The predicted octanol–water partition coefficient (Wildman–Crippen LogP) is 3.52. The van der Waals surface area contributed by atoms with Crippen LogP contribution >= 0.6 is 11.6 Å². The molecule has 1 aromatic carbocycles. The van der Waals surface area contributed by atoms with Crippen molar-refractivity contribution >= 4 is 29.3 Å². The number of aromatic nitrogens is 1. The fourth-order valence-electron chi connectivity index (χ4n) is 5.41. The van der Waals surface area contributed by atoms with Gasteiger partial charge in [-0.1, -0.05) is 23.7 Å². The monoisotopic (exact) mass is 481 g/mol. The summed E-state index contributed by atoms with van der Waals surface area (Å²) in [6, 6.07) is 13.0. The lowest BCUT2D eigenvalue weighted by molar-refractivity contribution is -0.135. The fraction of sp³-hybridized carbons (Fsp3) is 0.440. The molecule has 4 rings (SSSR count). The van der Waals surface area contributed by atoms with Crippen LogP contribution in [0.3, 0.4) is 0 Å². The normalized spacial score (nSPS) is 22.9. The van der Waals surface area contributed by atoms with Crippen molar-refractivity contribution < 1.29 is 14.7 Å². The number of rotatable bonds is 6. The molecule has 0 unspecified atom stereocenters. The zero-order valence-electron chi connectivity index (χ0n) is 19.1. The molecule has 0 bridgehead atoms. The minimum atomic E-state index is -1.17. The highest BCUT2D eigenvalue weighted by atomic mass is 35.5. The van der Waals surface area contributed by atoms with Gasteiger partial charge in [0, 0.05) is 55.8 Å². The van der Waals surface area contributed by atoms with Crippen molar-refractivity contribution in [3.05, 3.63) is 58.7 Å². The van der Waals surface area contributed by atoms with Crippen LogP contribution < -0.4 is 10.2 Å². The number of nitriles is 1. The van der Waals surface area contributed by atoms with E-state index in [2.05, 4.69) is 21.3 Å². The maximum atomic E-state index is 14.2. The highest BCUT2D eigenvalue weighted by Gasteiger charge is 2.56. The first-order chi connectivity index (χ1) is 16.4. The quantitative estimate of drug-likeness (QED) is 0.649. The molecule has 0 aliphatic carbocycles. The number of carbonyl (C=O) groups excluding carboxylic acids is 1. The van der Waals surface area contributed by atoms with E-state index in [0.717, 1.165) is 11.4 Å². The van der Waals surface area contributed by atoms with Gasteiger partial charge in [0.25, 0.3) is 0 Å². The lowest BCUT2D eigenvalue weighted by atomic mass is 9.72. The van der Waals surface area contributed by atoms with Crippen LogP contribution in [0.4, 0.5) is 10.6 Å². The average molecular weight is 482 g/mol. The Morgan fingerprint density at radius 2 is 1.97 bits per heavy atom. The van der Waals surface area contributed by atoms with Gasteiger partial charge in [-0.2, -0.15) is 5.26 Å². The van der Waals surface area contributed by atoms with Gasteiger partial charge in [0.15, 0.2) is 5.78 Å². The number of anilines is 1. The fourth-order valence-corrected chi connectivity index (χ4v) is 5.54. The Labute approximate surface area is 204 Å². The van der Waals surface area contributed by atoms with Crippen molar-refractivity contribution in [3.63, 3.8) is 0 Å². The van der Waals surface area contributed by atoms with Gasteiger partial charge in [-0.05, 0) is 49.6 Å². The Morgan fingerprint density at radius 3 is 2.53 bits per heavy atom. The van der Waals surface area contributed by atoms with Crippen LogP contribution in [0.15, 0.2) is 42.6 Å². The Kier molecular flexibility index (Phi) is 7.05. The number of nitrogens with zero attached hydrogens (tertiary/aromatic N) is 4. The summed E-state index contributed by atoms with van der Waals surface area (Å²) in [7, 11) is 0. The maximum absolute atomic E-state index is 14.2. The molecule has 2 atom stereocenters. The first-order valence-electron chi connectivity index (χ1n) is 11.5. The van der Waals surface area contributed by atoms with Gasteiger partial charge in [-0.15, -0.1) is 0 Å². The Bertz CT molecular complexity index is 1080. The van der Waals surface area contributed by atoms with Crippen LogP contribution in [0.25, 0.3) is 0 Å². The minimum Gasteiger partial charge on any atom is -0.465 e. The van der Waals surface area contributed by atoms with Gasteiger partial charge >= 0.3 is 6.09 Å². The second kappa shape index (κ2) is 10.00. The van der Waals surface area contributed by atoms with Crippen molar-refractivity contribution in [2.24, 2.45) is 5.92 Å². The number of carboxylic acid groups (broad SMARTS) is 1. The Hall–Kier alpha value is -3.15. The van der Waals surface area contributed by atoms with Gasteiger partial charge in [0.05, 0.1) is 5.56 Å². The largest absolute Gasteiger partial charge is 0.465 e. The number of carbonyl (C=O) groups is 2. The molecule has 3 heterocycles. The summed E-state index contributed by atoms with van der Waals surface area (Å²) in [5.41, 5.74) is 0.237.